The molecule has 0 unspecified atom stereocenters. The van der Waals surface area contributed by atoms with Crippen LogP contribution in [0.2, 0.25) is 0 Å². The molecule has 72 valence electrons. The Hall–Kier alpha value is -0.120. The fourth-order valence-electron chi connectivity index (χ4n) is 1.63. The average Bonchev–Trinajstić information content (AvgIpc) is 2.04. The highest BCUT2D eigenvalue weighted by Crippen LogP contribution is 2.06. The predicted octanol–water partition coefficient (Wildman–Crippen LogP) is 0.520. The number of methoxy groups -OCH3 is 1. The number of nitrogens with one attached hydrogen (secondary N) is 1. The molecular formula is C9H20N2O. The first-order valence-corrected chi connectivity index (χ1v) is 4.71. The highest BCUT2D eigenvalue weighted by Gasteiger charge is 2.21. The van der Waals surface area contributed by atoms with Crippen LogP contribution in [-0.2, 0) is 4.74 Å². The fraction of sp³-hybridized carbons (Fsp3) is 1.00. The van der Waals surface area contributed by atoms with Crippen LogP contribution < -0.4 is 5.32 Å². The summed E-state index contributed by atoms with van der Waals surface area (Å²) >= 11 is 0. The number of hydrogen-bond donors (Lipinski definition) is 1. The first-order chi connectivity index (χ1) is 5.74. The Balaban J connectivity index is 2.36. The largest absolute Gasteiger partial charge is 0.365 e. The molecule has 0 spiro atoms. The lowest BCUT2D eigenvalue weighted by atomic mass is 10.2. The van der Waals surface area contributed by atoms with Crippen molar-refractivity contribution in [3.05, 3.63) is 0 Å². The molecule has 0 radical (unpaired) electrons. The van der Waals surface area contributed by atoms with E-state index in [9.17, 15) is 0 Å². The van der Waals surface area contributed by atoms with Crippen LogP contribution in [0.1, 0.15) is 13.8 Å². The van der Waals surface area contributed by atoms with Gasteiger partial charge in [-0.25, -0.2) is 0 Å². The van der Waals surface area contributed by atoms with E-state index in [4.69, 9.17) is 4.74 Å². The van der Waals surface area contributed by atoms with Crippen molar-refractivity contribution < 1.29 is 4.74 Å². The van der Waals surface area contributed by atoms with E-state index < -0.39 is 0 Å². The summed E-state index contributed by atoms with van der Waals surface area (Å²) in [6.45, 7) is 8.79. The molecular weight excluding hydrogens is 152 g/mol. The third-order valence-corrected chi connectivity index (χ3v) is 2.17. The molecule has 0 bridgehead atoms. The molecule has 0 aromatic heterocycles. The minimum absolute atomic E-state index is 0.279. The van der Waals surface area contributed by atoms with E-state index in [-0.39, 0.29) is 6.23 Å². The van der Waals surface area contributed by atoms with E-state index >= 15 is 0 Å². The van der Waals surface area contributed by atoms with Crippen molar-refractivity contribution in [1.82, 2.24) is 10.2 Å². The number of nitrogens with zero attached hydrogens (tertiary/aromatic N) is 1. The molecule has 12 heavy (non-hydrogen) atoms. The normalized spacial score (nSPS) is 26.5. The highest BCUT2D eigenvalue weighted by atomic mass is 16.5. The lowest BCUT2D eigenvalue weighted by Gasteiger charge is -2.35. The summed E-state index contributed by atoms with van der Waals surface area (Å²) < 4.78 is 5.37. The van der Waals surface area contributed by atoms with Gasteiger partial charge in [-0.3, -0.25) is 4.90 Å². The van der Waals surface area contributed by atoms with E-state index in [0.717, 1.165) is 32.1 Å². The molecule has 1 saturated heterocycles. The first-order valence-electron chi connectivity index (χ1n) is 4.71. The first kappa shape index (κ1) is 9.96. The Morgan fingerprint density at radius 1 is 1.58 bits per heavy atom. The van der Waals surface area contributed by atoms with Crippen molar-refractivity contribution in [2.24, 2.45) is 5.92 Å². The van der Waals surface area contributed by atoms with Gasteiger partial charge in [0.05, 0.1) is 0 Å². The maximum absolute atomic E-state index is 5.37. The third kappa shape index (κ3) is 2.73. The zero-order valence-corrected chi connectivity index (χ0v) is 8.34. The van der Waals surface area contributed by atoms with Crippen LogP contribution in [0.25, 0.3) is 0 Å². The molecule has 1 aliphatic heterocycles. The van der Waals surface area contributed by atoms with Gasteiger partial charge in [0.2, 0.25) is 0 Å². The standard InChI is InChI=1S/C9H20N2O/c1-8(2)7-11-5-4-10-6-9(11)12-3/h8-10H,4-7H2,1-3H3/t9-/m1/s1. The van der Waals surface area contributed by atoms with Crippen molar-refractivity contribution in [2.75, 3.05) is 33.3 Å². The minimum Gasteiger partial charge on any atom is -0.365 e. The van der Waals surface area contributed by atoms with Crippen molar-refractivity contribution >= 4 is 0 Å². The summed E-state index contributed by atoms with van der Waals surface area (Å²) in [6, 6.07) is 0. The fourth-order valence-corrected chi connectivity index (χ4v) is 1.63. The van der Waals surface area contributed by atoms with E-state index in [1.54, 1.807) is 7.11 Å². The molecule has 1 aliphatic rings. The maximum Gasteiger partial charge on any atom is 0.122 e. The van der Waals surface area contributed by atoms with Crippen LogP contribution in [0.4, 0.5) is 0 Å². The minimum atomic E-state index is 0.279. The van der Waals surface area contributed by atoms with Crippen LogP contribution in [-0.4, -0.2) is 44.4 Å². The van der Waals surface area contributed by atoms with E-state index in [2.05, 4.69) is 24.1 Å². The maximum atomic E-state index is 5.37. The Kier molecular flexibility index (Phi) is 3.98. The van der Waals surface area contributed by atoms with Gasteiger partial charge in [-0.2, -0.15) is 0 Å². The molecule has 3 nitrogen and oxygen atoms in total. The van der Waals surface area contributed by atoms with Gasteiger partial charge in [0.1, 0.15) is 6.23 Å². The van der Waals surface area contributed by atoms with Gasteiger partial charge < -0.3 is 10.1 Å². The summed E-state index contributed by atoms with van der Waals surface area (Å²) in [5, 5.41) is 3.32. The molecule has 1 fully saturated rings. The van der Waals surface area contributed by atoms with Crippen molar-refractivity contribution in [3.8, 4) is 0 Å². The van der Waals surface area contributed by atoms with Gasteiger partial charge in [0.25, 0.3) is 0 Å². The van der Waals surface area contributed by atoms with Crippen LogP contribution in [0, 0.1) is 5.92 Å². The zero-order chi connectivity index (χ0) is 8.97. The number of hydrogen-bond acceptors (Lipinski definition) is 3. The lowest BCUT2D eigenvalue weighted by molar-refractivity contribution is -0.0501. The SMILES string of the molecule is CO[C@@H]1CNCCN1CC(C)C. The molecule has 0 aliphatic carbocycles. The Bertz CT molecular complexity index is 128. The Morgan fingerprint density at radius 3 is 2.92 bits per heavy atom. The van der Waals surface area contributed by atoms with E-state index in [1.807, 2.05) is 0 Å². The molecule has 1 N–H and O–H groups in total. The van der Waals surface area contributed by atoms with Gasteiger partial charge in [0, 0.05) is 33.3 Å². The molecule has 1 rings (SSSR count). The van der Waals surface area contributed by atoms with Gasteiger partial charge in [-0.15, -0.1) is 0 Å². The van der Waals surface area contributed by atoms with Crippen molar-refractivity contribution in [1.29, 1.82) is 0 Å². The van der Waals surface area contributed by atoms with Gasteiger partial charge in [-0.1, -0.05) is 13.8 Å². The smallest absolute Gasteiger partial charge is 0.122 e. The van der Waals surface area contributed by atoms with E-state index in [0.29, 0.717) is 0 Å². The third-order valence-electron chi connectivity index (χ3n) is 2.17. The number of ether oxygens (including phenoxy) is 1. The van der Waals surface area contributed by atoms with Gasteiger partial charge in [-0.05, 0) is 5.92 Å². The Morgan fingerprint density at radius 2 is 2.33 bits per heavy atom. The molecule has 0 aromatic rings. The average molecular weight is 172 g/mol. The molecule has 0 saturated carbocycles. The molecule has 1 atom stereocenters. The topological polar surface area (TPSA) is 24.5 Å². The van der Waals surface area contributed by atoms with Crippen molar-refractivity contribution in [3.63, 3.8) is 0 Å². The summed E-state index contributed by atoms with van der Waals surface area (Å²) in [4.78, 5) is 2.40. The summed E-state index contributed by atoms with van der Waals surface area (Å²) in [5.41, 5.74) is 0. The number of piperazine rings is 1. The highest BCUT2D eigenvalue weighted by molar-refractivity contribution is 4.73. The molecule has 1 heterocycles. The van der Waals surface area contributed by atoms with Gasteiger partial charge in [0.15, 0.2) is 0 Å². The second-order valence-electron chi connectivity index (χ2n) is 3.78. The lowest BCUT2D eigenvalue weighted by Crippen LogP contribution is -2.53. The predicted molar refractivity (Wildman–Crippen MR) is 50.1 cm³/mol. The number of rotatable bonds is 3. The second-order valence-corrected chi connectivity index (χ2v) is 3.78. The van der Waals surface area contributed by atoms with Crippen molar-refractivity contribution in [2.45, 2.75) is 20.1 Å². The summed E-state index contributed by atoms with van der Waals surface area (Å²) in [6.07, 6.45) is 0.279. The van der Waals surface area contributed by atoms with Crippen LogP contribution in [0.3, 0.4) is 0 Å². The second kappa shape index (κ2) is 4.80. The van der Waals surface area contributed by atoms with Crippen LogP contribution in [0.5, 0.6) is 0 Å². The van der Waals surface area contributed by atoms with Crippen LogP contribution in [0.15, 0.2) is 0 Å². The van der Waals surface area contributed by atoms with E-state index in [1.165, 1.54) is 0 Å². The molecule has 3 heteroatoms. The zero-order valence-electron chi connectivity index (χ0n) is 8.34. The monoisotopic (exact) mass is 172 g/mol. The quantitative estimate of drug-likeness (QED) is 0.671. The summed E-state index contributed by atoms with van der Waals surface area (Å²) in [5.74, 6) is 0.723. The summed E-state index contributed by atoms with van der Waals surface area (Å²) in [7, 11) is 1.78. The van der Waals surface area contributed by atoms with Gasteiger partial charge >= 0.3 is 0 Å². The van der Waals surface area contributed by atoms with Crippen LogP contribution >= 0.6 is 0 Å². The molecule has 0 aromatic carbocycles. The molecule has 0 amide bonds. The Labute approximate surface area is 75.1 Å².